The number of hydrogen-bond donors (Lipinski definition) is 2. The fourth-order valence-electron chi connectivity index (χ4n) is 2.34. The van der Waals surface area contributed by atoms with Crippen LogP contribution in [0.5, 0.6) is 0 Å². The van der Waals surface area contributed by atoms with Crippen molar-refractivity contribution in [2.75, 3.05) is 25.6 Å². The molecule has 0 radical (unpaired) electrons. The summed E-state index contributed by atoms with van der Waals surface area (Å²) < 4.78 is 19.0. The zero-order chi connectivity index (χ0) is 13.9. The number of ether oxygens (including phenoxy) is 1. The van der Waals surface area contributed by atoms with Gasteiger partial charge in [0, 0.05) is 13.7 Å². The summed E-state index contributed by atoms with van der Waals surface area (Å²) in [5, 5.41) is 5.67. The first-order chi connectivity index (χ1) is 9.06. The van der Waals surface area contributed by atoms with E-state index in [9.17, 15) is 9.18 Å². The van der Waals surface area contributed by atoms with Gasteiger partial charge in [-0.25, -0.2) is 4.39 Å². The quantitative estimate of drug-likeness (QED) is 0.881. The lowest BCUT2D eigenvalue weighted by molar-refractivity contribution is 0.0273. The molecule has 0 spiro atoms. The molecular formula is C14H19FN2O2. The summed E-state index contributed by atoms with van der Waals surface area (Å²) in [4.78, 5) is 12.3. The normalized spacial score (nSPS) is 22.9. The maximum atomic E-state index is 13.6. The van der Waals surface area contributed by atoms with Crippen molar-refractivity contribution in [3.63, 3.8) is 0 Å². The topological polar surface area (TPSA) is 50.4 Å². The summed E-state index contributed by atoms with van der Waals surface area (Å²) in [6, 6.07) is 4.47. The number of hydrogen-bond acceptors (Lipinski definition) is 3. The van der Waals surface area contributed by atoms with Gasteiger partial charge in [0.2, 0.25) is 0 Å². The van der Waals surface area contributed by atoms with Crippen LogP contribution < -0.4 is 10.6 Å². The molecule has 5 heteroatoms. The third kappa shape index (κ3) is 3.04. The zero-order valence-electron chi connectivity index (χ0n) is 11.3. The Bertz CT molecular complexity index is 471. The second kappa shape index (κ2) is 5.57. The number of benzene rings is 1. The molecule has 1 aromatic rings. The van der Waals surface area contributed by atoms with E-state index >= 15 is 0 Å². The minimum atomic E-state index is -0.430. The summed E-state index contributed by atoms with van der Waals surface area (Å²) in [6.07, 6.45) is 1.78. The smallest absolute Gasteiger partial charge is 0.253 e. The average molecular weight is 266 g/mol. The van der Waals surface area contributed by atoms with E-state index in [0.717, 1.165) is 19.4 Å². The lowest BCUT2D eigenvalue weighted by Gasteiger charge is -2.34. The monoisotopic (exact) mass is 266 g/mol. The van der Waals surface area contributed by atoms with Crippen LogP contribution in [0.3, 0.4) is 0 Å². The third-order valence-corrected chi connectivity index (χ3v) is 3.36. The maximum absolute atomic E-state index is 13.6. The summed E-state index contributed by atoms with van der Waals surface area (Å²) in [5.74, 6) is -0.711. The van der Waals surface area contributed by atoms with Gasteiger partial charge in [0.25, 0.3) is 5.91 Å². The first kappa shape index (κ1) is 13.8. The summed E-state index contributed by atoms with van der Waals surface area (Å²) in [6.45, 7) is 3.17. The molecule has 104 valence electrons. The Morgan fingerprint density at radius 1 is 1.47 bits per heavy atom. The largest absolute Gasteiger partial charge is 0.385 e. The molecule has 0 aliphatic carbocycles. The van der Waals surface area contributed by atoms with Crippen molar-refractivity contribution < 1.29 is 13.9 Å². The van der Waals surface area contributed by atoms with E-state index in [1.54, 1.807) is 13.1 Å². The van der Waals surface area contributed by atoms with Crippen molar-refractivity contribution in [2.45, 2.75) is 25.3 Å². The van der Waals surface area contributed by atoms with Crippen LogP contribution in [-0.4, -0.2) is 31.7 Å². The van der Waals surface area contributed by atoms with Gasteiger partial charge in [0.15, 0.2) is 0 Å². The third-order valence-electron chi connectivity index (χ3n) is 3.36. The van der Waals surface area contributed by atoms with E-state index in [2.05, 4.69) is 10.6 Å². The van der Waals surface area contributed by atoms with Crippen LogP contribution in [0.25, 0.3) is 0 Å². The SMILES string of the molecule is CNc1c(F)cccc1C(=O)NC1(C)CCCOC1. The van der Waals surface area contributed by atoms with Crippen molar-refractivity contribution in [1.29, 1.82) is 0 Å². The highest BCUT2D eigenvalue weighted by atomic mass is 19.1. The van der Waals surface area contributed by atoms with Crippen LogP contribution in [-0.2, 0) is 4.74 Å². The Balaban J connectivity index is 2.18. The van der Waals surface area contributed by atoms with E-state index in [4.69, 9.17) is 4.74 Å². The molecule has 1 amide bonds. The molecular weight excluding hydrogens is 247 g/mol. The van der Waals surface area contributed by atoms with E-state index in [0.29, 0.717) is 12.2 Å². The Kier molecular flexibility index (Phi) is 4.04. The van der Waals surface area contributed by atoms with E-state index < -0.39 is 5.82 Å². The number of carbonyl (C=O) groups is 1. The Morgan fingerprint density at radius 3 is 2.89 bits per heavy atom. The fourth-order valence-corrected chi connectivity index (χ4v) is 2.34. The number of anilines is 1. The first-order valence-corrected chi connectivity index (χ1v) is 6.42. The Labute approximate surface area is 112 Å². The van der Waals surface area contributed by atoms with Crippen LogP contribution >= 0.6 is 0 Å². The van der Waals surface area contributed by atoms with Gasteiger partial charge in [-0.15, -0.1) is 0 Å². The lowest BCUT2D eigenvalue weighted by atomic mass is 9.94. The van der Waals surface area contributed by atoms with Gasteiger partial charge in [-0.3, -0.25) is 4.79 Å². The molecule has 0 bridgehead atoms. The maximum Gasteiger partial charge on any atom is 0.253 e. The molecule has 2 N–H and O–H groups in total. The number of amides is 1. The van der Waals surface area contributed by atoms with Crippen molar-refractivity contribution in [2.24, 2.45) is 0 Å². The van der Waals surface area contributed by atoms with Crippen molar-refractivity contribution >= 4 is 11.6 Å². The summed E-state index contributed by atoms with van der Waals surface area (Å²) in [5.41, 5.74) is 0.154. The zero-order valence-corrected chi connectivity index (χ0v) is 11.3. The molecule has 0 saturated carbocycles. The Morgan fingerprint density at radius 2 is 2.26 bits per heavy atom. The molecule has 1 fully saturated rings. The summed E-state index contributed by atoms with van der Waals surface area (Å²) in [7, 11) is 1.60. The molecule has 4 nitrogen and oxygen atoms in total. The number of rotatable bonds is 3. The van der Waals surface area contributed by atoms with Gasteiger partial charge >= 0.3 is 0 Å². The van der Waals surface area contributed by atoms with Gasteiger partial charge in [0.1, 0.15) is 5.82 Å². The highest BCUT2D eigenvalue weighted by Gasteiger charge is 2.30. The average Bonchev–Trinajstić information content (AvgIpc) is 2.38. The van der Waals surface area contributed by atoms with Crippen LogP contribution in [0.4, 0.5) is 10.1 Å². The minimum absolute atomic E-state index is 0.223. The van der Waals surface area contributed by atoms with Crippen molar-refractivity contribution in [3.8, 4) is 0 Å². The van der Waals surface area contributed by atoms with Gasteiger partial charge in [0.05, 0.1) is 23.4 Å². The predicted octanol–water partition coefficient (Wildman–Crippen LogP) is 2.17. The number of nitrogens with one attached hydrogen (secondary N) is 2. The van der Waals surface area contributed by atoms with Crippen LogP contribution in [0.1, 0.15) is 30.1 Å². The van der Waals surface area contributed by atoms with E-state index in [1.807, 2.05) is 6.92 Å². The molecule has 1 heterocycles. The van der Waals surface area contributed by atoms with Gasteiger partial charge < -0.3 is 15.4 Å². The second-order valence-corrected chi connectivity index (χ2v) is 5.08. The van der Waals surface area contributed by atoms with Crippen molar-refractivity contribution in [3.05, 3.63) is 29.6 Å². The molecule has 1 aliphatic rings. The number of carbonyl (C=O) groups excluding carboxylic acids is 1. The van der Waals surface area contributed by atoms with Gasteiger partial charge in [-0.1, -0.05) is 6.07 Å². The second-order valence-electron chi connectivity index (χ2n) is 5.08. The standard InChI is InChI=1S/C14H19FN2O2/c1-14(7-4-8-19-9-14)17-13(18)10-5-3-6-11(15)12(10)16-2/h3,5-6,16H,4,7-9H2,1-2H3,(H,17,18). The molecule has 0 aromatic heterocycles. The molecule has 1 unspecified atom stereocenters. The highest BCUT2D eigenvalue weighted by Crippen LogP contribution is 2.22. The first-order valence-electron chi connectivity index (χ1n) is 6.42. The lowest BCUT2D eigenvalue weighted by Crippen LogP contribution is -2.51. The van der Waals surface area contributed by atoms with Gasteiger partial charge in [-0.2, -0.15) is 0 Å². The molecule has 1 saturated heterocycles. The number of halogens is 1. The molecule has 1 aromatic carbocycles. The van der Waals surface area contributed by atoms with Crippen LogP contribution in [0, 0.1) is 5.82 Å². The predicted molar refractivity (Wildman–Crippen MR) is 71.9 cm³/mol. The molecule has 1 aliphatic heterocycles. The van der Waals surface area contributed by atoms with Crippen LogP contribution in [0.15, 0.2) is 18.2 Å². The van der Waals surface area contributed by atoms with Crippen LogP contribution in [0.2, 0.25) is 0 Å². The summed E-state index contributed by atoms with van der Waals surface area (Å²) >= 11 is 0. The van der Waals surface area contributed by atoms with Gasteiger partial charge in [-0.05, 0) is 31.9 Å². The minimum Gasteiger partial charge on any atom is -0.385 e. The molecule has 2 rings (SSSR count). The van der Waals surface area contributed by atoms with Crippen molar-refractivity contribution in [1.82, 2.24) is 5.32 Å². The van der Waals surface area contributed by atoms with E-state index in [1.165, 1.54) is 12.1 Å². The fraction of sp³-hybridized carbons (Fsp3) is 0.500. The molecule has 1 atom stereocenters. The number of para-hydroxylation sites is 1. The Hall–Kier alpha value is -1.62. The van der Waals surface area contributed by atoms with E-state index in [-0.39, 0.29) is 17.1 Å². The highest BCUT2D eigenvalue weighted by molar-refractivity contribution is 6.00. The molecule has 19 heavy (non-hydrogen) atoms.